The monoisotopic (exact) mass is 474 g/mol. The molecule has 30 heavy (non-hydrogen) atoms. The molecule has 1 amide bonds. The van der Waals surface area contributed by atoms with Crippen molar-refractivity contribution in [1.82, 2.24) is 15.8 Å². The SMILES string of the molecule is N#Cc1ccc(OCC(=O)Nc2nonc2C(=Nc2ccc(F)c(Br)c2)NO)cc1. The highest BCUT2D eigenvalue weighted by atomic mass is 79.9. The number of nitriles is 1. The van der Waals surface area contributed by atoms with Gasteiger partial charge in [-0.3, -0.25) is 15.5 Å². The minimum atomic E-state index is -0.585. The maximum atomic E-state index is 13.4. The molecule has 1 heterocycles. The molecule has 0 atom stereocenters. The van der Waals surface area contributed by atoms with Gasteiger partial charge in [0.1, 0.15) is 11.6 Å². The van der Waals surface area contributed by atoms with Crippen molar-refractivity contribution in [3.05, 3.63) is 64.0 Å². The van der Waals surface area contributed by atoms with E-state index >= 15 is 0 Å². The van der Waals surface area contributed by atoms with Crippen LogP contribution in [-0.4, -0.2) is 33.9 Å². The summed E-state index contributed by atoms with van der Waals surface area (Å²) in [6.07, 6.45) is 0. The molecule has 0 saturated heterocycles. The molecule has 0 bridgehead atoms. The molecule has 3 N–H and O–H groups in total. The van der Waals surface area contributed by atoms with Gasteiger partial charge in [0.2, 0.25) is 5.82 Å². The van der Waals surface area contributed by atoms with Crippen LogP contribution in [0.4, 0.5) is 15.9 Å². The van der Waals surface area contributed by atoms with E-state index in [1.165, 1.54) is 18.2 Å². The highest BCUT2D eigenvalue weighted by molar-refractivity contribution is 9.10. The van der Waals surface area contributed by atoms with Gasteiger partial charge in [-0.1, -0.05) is 0 Å². The number of carbonyl (C=O) groups excluding carboxylic acids is 1. The lowest BCUT2D eigenvalue weighted by Crippen LogP contribution is -2.25. The Bertz CT molecular complexity index is 1130. The summed E-state index contributed by atoms with van der Waals surface area (Å²) in [5, 5.41) is 27.8. The van der Waals surface area contributed by atoms with Gasteiger partial charge in [-0.2, -0.15) is 5.26 Å². The third-order valence-electron chi connectivity index (χ3n) is 3.57. The van der Waals surface area contributed by atoms with E-state index in [9.17, 15) is 14.4 Å². The number of hydrogen-bond donors (Lipinski definition) is 3. The van der Waals surface area contributed by atoms with Crippen molar-refractivity contribution < 1.29 is 23.8 Å². The van der Waals surface area contributed by atoms with E-state index in [0.29, 0.717) is 11.3 Å². The number of amidine groups is 1. The van der Waals surface area contributed by atoms with E-state index in [-0.39, 0.29) is 34.1 Å². The van der Waals surface area contributed by atoms with Gasteiger partial charge in [0.05, 0.1) is 21.8 Å². The number of amides is 1. The number of halogens is 2. The van der Waals surface area contributed by atoms with Crippen LogP contribution >= 0.6 is 15.9 Å². The van der Waals surface area contributed by atoms with Crippen LogP contribution < -0.4 is 15.5 Å². The smallest absolute Gasteiger partial charge is 0.263 e. The number of anilines is 1. The van der Waals surface area contributed by atoms with E-state index in [4.69, 9.17) is 10.00 Å². The molecule has 0 fully saturated rings. The average molecular weight is 475 g/mol. The van der Waals surface area contributed by atoms with E-state index in [1.54, 1.807) is 24.3 Å². The fourth-order valence-corrected chi connectivity index (χ4v) is 2.55. The predicted octanol–water partition coefficient (Wildman–Crippen LogP) is 2.92. The fourth-order valence-electron chi connectivity index (χ4n) is 2.18. The topological polar surface area (TPSA) is 146 Å². The highest BCUT2D eigenvalue weighted by Crippen LogP contribution is 2.23. The Labute approximate surface area is 177 Å². The van der Waals surface area contributed by atoms with Crippen molar-refractivity contribution in [1.29, 1.82) is 5.26 Å². The number of carbonyl (C=O) groups is 1. The first-order valence-electron chi connectivity index (χ1n) is 8.19. The summed E-state index contributed by atoms with van der Waals surface area (Å²) in [6, 6.07) is 12.1. The molecular formula is C18H12BrFN6O4. The molecular weight excluding hydrogens is 463 g/mol. The summed E-state index contributed by atoms with van der Waals surface area (Å²) in [7, 11) is 0. The zero-order valence-electron chi connectivity index (χ0n) is 15.0. The largest absolute Gasteiger partial charge is 0.484 e. The average Bonchev–Trinajstić information content (AvgIpc) is 3.21. The third kappa shape index (κ3) is 5.16. The number of nitrogens with one attached hydrogen (secondary N) is 2. The van der Waals surface area contributed by atoms with Crippen LogP contribution in [0.15, 0.2) is 56.6 Å². The molecule has 0 saturated carbocycles. The molecule has 3 rings (SSSR count). The Balaban J connectivity index is 1.69. The van der Waals surface area contributed by atoms with Crippen LogP contribution in [0.25, 0.3) is 0 Å². The van der Waals surface area contributed by atoms with Gasteiger partial charge in [-0.15, -0.1) is 0 Å². The molecule has 0 aliphatic carbocycles. The molecule has 0 spiro atoms. The molecule has 12 heteroatoms. The van der Waals surface area contributed by atoms with Gasteiger partial charge >= 0.3 is 0 Å². The van der Waals surface area contributed by atoms with Gasteiger partial charge < -0.3 is 10.1 Å². The van der Waals surface area contributed by atoms with E-state index < -0.39 is 11.7 Å². The zero-order valence-corrected chi connectivity index (χ0v) is 16.6. The Hall–Kier alpha value is -3.82. The fraction of sp³-hybridized carbons (Fsp3) is 0.0556. The van der Waals surface area contributed by atoms with Gasteiger partial charge in [0, 0.05) is 0 Å². The number of nitrogens with zero attached hydrogens (tertiary/aromatic N) is 4. The number of benzene rings is 2. The van der Waals surface area contributed by atoms with Gasteiger partial charge in [0.25, 0.3) is 5.91 Å². The summed E-state index contributed by atoms with van der Waals surface area (Å²) in [5.74, 6) is -0.990. The lowest BCUT2D eigenvalue weighted by atomic mass is 10.2. The molecule has 3 aromatic rings. The van der Waals surface area contributed by atoms with Gasteiger partial charge in [-0.25, -0.2) is 14.0 Å². The number of hydroxylamine groups is 1. The summed E-state index contributed by atoms with van der Waals surface area (Å²) in [5.41, 5.74) is 2.49. The summed E-state index contributed by atoms with van der Waals surface area (Å²) >= 11 is 3.04. The number of rotatable bonds is 6. The van der Waals surface area contributed by atoms with Crippen molar-refractivity contribution >= 4 is 39.2 Å². The molecule has 1 aromatic heterocycles. The van der Waals surface area contributed by atoms with Crippen LogP contribution in [0, 0.1) is 17.1 Å². The van der Waals surface area contributed by atoms with Crippen LogP contribution in [0.2, 0.25) is 0 Å². The number of aliphatic imine (C=N–C) groups is 1. The minimum Gasteiger partial charge on any atom is -0.484 e. The molecule has 0 unspecified atom stereocenters. The standard InChI is InChI=1S/C18H12BrFN6O4/c19-13-7-11(3-6-14(13)20)22-17(24-28)16-18(26-30-25-16)23-15(27)9-29-12-4-1-10(8-21)2-5-12/h1-7,28H,9H2,(H,22,24)(H,23,26,27). The first-order chi connectivity index (χ1) is 14.5. The highest BCUT2D eigenvalue weighted by Gasteiger charge is 2.19. The molecule has 0 aliphatic rings. The van der Waals surface area contributed by atoms with Crippen molar-refractivity contribution in [3.63, 3.8) is 0 Å². The normalized spacial score (nSPS) is 10.9. The first-order valence-corrected chi connectivity index (χ1v) is 8.99. The summed E-state index contributed by atoms with van der Waals surface area (Å²) in [6.45, 7) is -0.359. The second-order valence-electron chi connectivity index (χ2n) is 5.61. The Morgan fingerprint density at radius 1 is 1.30 bits per heavy atom. The summed E-state index contributed by atoms with van der Waals surface area (Å²) in [4.78, 5) is 16.2. The van der Waals surface area contributed by atoms with Crippen molar-refractivity contribution in [2.45, 2.75) is 0 Å². The van der Waals surface area contributed by atoms with Crippen LogP contribution in [0.5, 0.6) is 5.75 Å². The van der Waals surface area contributed by atoms with Gasteiger partial charge in [-0.05, 0) is 68.7 Å². The second-order valence-corrected chi connectivity index (χ2v) is 6.46. The van der Waals surface area contributed by atoms with E-state index in [2.05, 4.69) is 41.2 Å². The number of aromatic nitrogens is 2. The third-order valence-corrected chi connectivity index (χ3v) is 4.18. The van der Waals surface area contributed by atoms with Crippen LogP contribution in [0.3, 0.4) is 0 Å². The van der Waals surface area contributed by atoms with Crippen LogP contribution in [0.1, 0.15) is 11.3 Å². The molecule has 0 radical (unpaired) electrons. The van der Waals surface area contributed by atoms with E-state index in [1.807, 2.05) is 11.5 Å². The molecule has 2 aromatic carbocycles. The molecule has 152 valence electrons. The lowest BCUT2D eigenvalue weighted by Gasteiger charge is -2.07. The molecule has 10 nitrogen and oxygen atoms in total. The van der Waals surface area contributed by atoms with Crippen LogP contribution in [-0.2, 0) is 4.79 Å². The second kappa shape index (κ2) is 9.59. The maximum Gasteiger partial charge on any atom is 0.263 e. The van der Waals surface area contributed by atoms with Gasteiger partial charge in [0.15, 0.2) is 18.1 Å². The quantitative estimate of drug-likeness (QED) is 0.280. The van der Waals surface area contributed by atoms with Crippen molar-refractivity contribution in [3.8, 4) is 11.8 Å². The maximum absolute atomic E-state index is 13.4. The zero-order chi connectivity index (χ0) is 21.5. The van der Waals surface area contributed by atoms with Crippen molar-refractivity contribution in [2.75, 3.05) is 11.9 Å². The molecule has 0 aliphatic heterocycles. The van der Waals surface area contributed by atoms with E-state index in [0.717, 1.165) is 0 Å². The minimum absolute atomic E-state index is 0.0929. The predicted molar refractivity (Wildman–Crippen MR) is 105 cm³/mol. The number of hydrogen-bond acceptors (Lipinski definition) is 8. The Morgan fingerprint density at radius 2 is 2.07 bits per heavy atom. The van der Waals surface area contributed by atoms with Crippen molar-refractivity contribution in [2.24, 2.45) is 4.99 Å². The Morgan fingerprint density at radius 3 is 2.73 bits per heavy atom. The lowest BCUT2D eigenvalue weighted by molar-refractivity contribution is -0.118. The number of ether oxygens (including phenoxy) is 1. The summed E-state index contributed by atoms with van der Waals surface area (Å²) < 4.78 is 23.5. The first kappa shape index (κ1) is 20.9. The Kier molecular flexibility index (Phi) is 6.68.